The van der Waals surface area contributed by atoms with E-state index in [4.69, 9.17) is 16.7 Å². The quantitative estimate of drug-likeness (QED) is 0.431. The Morgan fingerprint density at radius 2 is 1.83 bits per heavy atom. The highest BCUT2D eigenvalue weighted by Gasteiger charge is 2.25. The first-order valence-electron chi connectivity index (χ1n) is 11.8. The molecular weight excluding hydrogens is 504 g/mol. The van der Waals surface area contributed by atoms with Crippen LogP contribution in [-0.4, -0.2) is 78.4 Å². The molecule has 0 radical (unpaired) electrons. The Balaban J connectivity index is 1.70. The number of rotatable bonds is 10. The van der Waals surface area contributed by atoms with Gasteiger partial charge in [-0.1, -0.05) is 17.7 Å². The van der Waals surface area contributed by atoms with Gasteiger partial charge in [0.15, 0.2) is 0 Å². The van der Waals surface area contributed by atoms with Gasteiger partial charge in [0.25, 0.3) is 5.91 Å². The molecule has 3 rings (SSSR count). The number of carboxylic acid groups (broad SMARTS) is 1. The average molecular weight is 535 g/mol. The van der Waals surface area contributed by atoms with Crippen LogP contribution in [0.4, 0.5) is 5.69 Å². The van der Waals surface area contributed by atoms with Crippen molar-refractivity contribution in [3.05, 3.63) is 50.7 Å². The van der Waals surface area contributed by atoms with Crippen molar-refractivity contribution in [2.75, 3.05) is 39.0 Å². The maximum absolute atomic E-state index is 13.2. The number of hydrogen-bond acceptors (Lipinski definition) is 6. The van der Waals surface area contributed by atoms with Crippen LogP contribution >= 0.6 is 22.9 Å². The fourth-order valence-electron chi connectivity index (χ4n) is 3.93. The first kappa shape index (κ1) is 27.6. The molecule has 0 unspecified atom stereocenters. The van der Waals surface area contributed by atoms with E-state index < -0.39 is 23.8 Å². The maximum atomic E-state index is 13.2. The normalized spacial score (nSPS) is 14.3. The molecule has 0 saturated carbocycles. The van der Waals surface area contributed by atoms with Crippen LogP contribution in [0.3, 0.4) is 0 Å². The molecule has 2 aromatic rings. The van der Waals surface area contributed by atoms with Gasteiger partial charge < -0.3 is 25.5 Å². The molecule has 0 aliphatic carbocycles. The number of fused-ring (bicyclic) bond motifs is 1. The Morgan fingerprint density at radius 1 is 1.11 bits per heavy atom. The summed E-state index contributed by atoms with van der Waals surface area (Å²) in [6.07, 6.45) is 1.68. The second-order valence-electron chi connectivity index (χ2n) is 8.90. The molecule has 3 N–H and O–H groups in total. The predicted molar refractivity (Wildman–Crippen MR) is 140 cm³/mol. The first-order valence-corrected chi connectivity index (χ1v) is 12.9. The van der Waals surface area contributed by atoms with E-state index in [1.165, 1.54) is 23.1 Å². The van der Waals surface area contributed by atoms with E-state index in [0.29, 0.717) is 14.9 Å². The Hall–Kier alpha value is -2.95. The molecule has 1 atom stereocenters. The summed E-state index contributed by atoms with van der Waals surface area (Å²) in [7, 11) is 3.60. The van der Waals surface area contributed by atoms with Crippen LogP contribution in [0.5, 0.6) is 0 Å². The van der Waals surface area contributed by atoms with Crippen LogP contribution in [0.25, 0.3) is 0 Å². The summed E-state index contributed by atoms with van der Waals surface area (Å²) in [5.74, 6) is -2.20. The van der Waals surface area contributed by atoms with Gasteiger partial charge in [-0.25, -0.2) is 0 Å². The van der Waals surface area contributed by atoms with Crippen molar-refractivity contribution in [2.24, 2.45) is 0 Å². The molecule has 11 heteroatoms. The zero-order valence-corrected chi connectivity index (χ0v) is 22.0. The van der Waals surface area contributed by atoms with Crippen LogP contribution in [-0.2, 0) is 27.2 Å². The van der Waals surface area contributed by atoms with Crippen molar-refractivity contribution in [1.29, 1.82) is 0 Å². The fourth-order valence-corrected chi connectivity index (χ4v) is 4.87. The summed E-state index contributed by atoms with van der Waals surface area (Å²) in [5.41, 5.74) is 3.07. The highest BCUT2D eigenvalue weighted by Crippen LogP contribution is 2.22. The van der Waals surface area contributed by atoms with Gasteiger partial charge in [0.05, 0.1) is 15.6 Å². The molecule has 1 aromatic carbocycles. The van der Waals surface area contributed by atoms with Crippen LogP contribution in [0, 0.1) is 0 Å². The number of likely N-dealkylation sites (N-methyl/N-ethyl adjacent to an activating group) is 1. The summed E-state index contributed by atoms with van der Waals surface area (Å²) < 4.78 is 0.451. The number of amides is 3. The molecule has 0 fully saturated rings. The monoisotopic (exact) mass is 534 g/mol. The molecule has 3 amide bonds. The summed E-state index contributed by atoms with van der Waals surface area (Å²) in [5, 5.41) is 14.4. The van der Waals surface area contributed by atoms with Crippen molar-refractivity contribution in [2.45, 2.75) is 38.1 Å². The van der Waals surface area contributed by atoms with Crippen molar-refractivity contribution in [3.63, 3.8) is 0 Å². The van der Waals surface area contributed by atoms with Crippen molar-refractivity contribution < 1.29 is 24.3 Å². The van der Waals surface area contributed by atoms with E-state index in [0.717, 1.165) is 37.3 Å². The molecule has 1 aliphatic rings. The minimum Gasteiger partial charge on any atom is -0.481 e. The second-order valence-corrected chi connectivity index (χ2v) is 10.6. The summed E-state index contributed by atoms with van der Waals surface area (Å²) in [6, 6.07) is 8.04. The third-order valence-corrected chi connectivity index (χ3v) is 7.38. The standard InChI is InChI=1S/C25H31ClN4O5S/c1-29-12-9-16-3-4-18(15-17(16)10-13-29)27-24(34)19(28-25(35)20-6-7-21(26)36-20)5-8-22(31)30(2)14-11-23(32)33/h3-4,6-7,15,19H,5,8-14H2,1-2H3,(H,27,34)(H,28,35)(H,32,33)/t19-/m1/s1. The average Bonchev–Trinajstić information content (AvgIpc) is 3.20. The predicted octanol–water partition coefficient (Wildman–Crippen LogP) is 2.88. The van der Waals surface area contributed by atoms with E-state index >= 15 is 0 Å². The van der Waals surface area contributed by atoms with Crippen LogP contribution in [0.15, 0.2) is 30.3 Å². The number of carbonyl (C=O) groups is 4. The van der Waals surface area contributed by atoms with E-state index in [9.17, 15) is 19.2 Å². The summed E-state index contributed by atoms with van der Waals surface area (Å²) in [4.78, 5) is 53.2. The van der Waals surface area contributed by atoms with E-state index in [2.05, 4.69) is 22.6 Å². The minimum absolute atomic E-state index is 0.0315. The number of carbonyl (C=O) groups excluding carboxylic acids is 3. The molecule has 0 saturated heterocycles. The van der Waals surface area contributed by atoms with Gasteiger partial charge in [-0.3, -0.25) is 19.2 Å². The topological polar surface area (TPSA) is 119 Å². The van der Waals surface area contributed by atoms with Gasteiger partial charge in [-0.2, -0.15) is 0 Å². The van der Waals surface area contributed by atoms with Crippen molar-refractivity contribution in [3.8, 4) is 0 Å². The SMILES string of the molecule is CN1CCc2ccc(NC(=O)[C@@H](CCC(=O)N(C)CCC(=O)O)NC(=O)c3ccc(Cl)s3)cc2CC1. The number of thiophene rings is 1. The first-order chi connectivity index (χ1) is 17.1. The number of aliphatic carboxylic acids is 1. The van der Waals surface area contributed by atoms with Gasteiger partial charge in [0, 0.05) is 38.8 Å². The minimum atomic E-state index is -0.999. The Bertz CT molecular complexity index is 1120. The van der Waals surface area contributed by atoms with Gasteiger partial charge in [0.2, 0.25) is 11.8 Å². The molecule has 0 spiro atoms. The number of nitrogens with one attached hydrogen (secondary N) is 2. The van der Waals surface area contributed by atoms with E-state index in [1.54, 1.807) is 12.1 Å². The fraction of sp³-hybridized carbons (Fsp3) is 0.440. The zero-order chi connectivity index (χ0) is 26.2. The van der Waals surface area contributed by atoms with Gasteiger partial charge in [-0.15, -0.1) is 11.3 Å². The number of benzene rings is 1. The molecule has 2 heterocycles. The zero-order valence-electron chi connectivity index (χ0n) is 20.4. The van der Waals surface area contributed by atoms with Gasteiger partial charge in [0.1, 0.15) is 6.04 Å². The van der Waals surface area contributed by atoms with Crippen molar-refractivity contribution in [1.82, 2.24) is 15.1 Å². The Labute approximate surface area is 219 Å². The van der Waals surface area contributed by atoms with Gasteiger partial charge in [-0.05, 0) is 61.7 Å². The van der Waals surface area contributed by atoms with E-state index in [-0.39, 0.29) is 31.7 Å². The Morgan fingerprint density at radius 3 is 2.50 bits per heavy atom. The largest absolute Gasteiger partial charge is 0.481 e. The molecule has 0 bridgehead atoms. The maximum Gasteiger partial charge on any atom is 0.305 e. The highest BCUT2D eigenvalue weighted by atomic mass is 35.5. The number of halogens is 1. The third-order valence-electron chi connectivity index (χ3n) is 6.15. The lowest BCUT2D eigenvalue weighted by Crippen LogP contribution is -2.44. The lowest BCUT2D eigenvalue weighted by atomic mass is 10.0. The molecule has 1 aromatic heterocycles. The van der Waals surface area contributed by atoms with Crippen LogP contribution in [0.1, 0.15) is 40.1 Å². The smallest absolute Gasteiger partial charge is 0.305 e. The van der Waals surface area contributed by atoms with E-state index in [1.807, 2.05) is 18.2 Å². The number of carboxylic acids is 1. The number of anilines is 1. The molecular formula is C25H31ClN4O5S. The molecule has 36 heavy (non-hydrogen) atoms. The second kappa shape index (κ2) is 12.8. The lowest BCUT2D eigenvalue weighted by Gasteiger charge is -2.21. The highest BCUT2D eigenvalue weighted by molar-refractivity contribution is 7.18. The molecule has 1 aliphatic heterocycles. The Kier molecular flexibility index (Phi) is 9.86. The van der Waals surface area contributed by atoms with Crippen molar-refractivity contribution >= 4 is 52.3 Å². The number of hydrogen-bond donors (Lipinski definition) is 3. The summed E-state index contributed by atoms with van der Waals surface area (Å²) in [6.45, 7) is 1.98. The van der Waals surface area contributed by atoms with Crippen LogP contribution < -0.4 is 10.6 Å². The molecule has 194 valence electrons. The molecule has 9 nitrogen and oxygen atoms in total. The van der Waals surface area contributed by atoms with Crippen LogP contribution in [0.2, 0.25) is 4.34 Å². The lowest BCUT2D eigenvalue weighted by molar-refractivity contribution is -0.138. The van der Waals surface area contributed by atoms with Gasteiger partial charge >= 0.3 is 5.97 Å². The third kappa shape index (κ3) is 8.04. The number of nitrogens with zero attached hydrogens (tertiary/aromatic N) is 2. The summed E-state index contributed by atoms with van der Waals surface area (Å²) >= 11 is 7.04.